The number of anilines is 1. The molecule has 3 rings (SSSR count). The van der Waals surface area contributed by atoms with Crippen molar-refractivity contribution < 1.29 is 28.4 Å². The van der Waals surface area contributed by atoms with Gasteiger partial charge >= 0.3 is 0 Å². The lowest BCUT2D eigenvalue weighted by Crippen LogP contribution is -2.26. The SMILES string of the molecule is C#CCOCCN(CC)c1ccc(C2C(=O)C(=O)/C(=C3/C=CC(=[N+](CC)CCOCC#C)S3)C2=O)s1. The molecular formula is C27H29N2O5S2+. The third-order valence-electron chi connectivity index (χ3n) is 5.73. The van der Waals surface area contributed by atoms with Crippen LogP contribution >= 0.6 is 23.1 Å². The number of likely N-dealkylation sites (N-methyl/N-ethyl adjacent to an activating group) is 2. The van der Waals surface area contributed by atoms with Crippen molar-refractivity contribution >= 4 is 50.5 Å². The molecule has 1 aromatic heterocycles. The fourth-order valence-corrected chi connectivity index (χ4v) is 6.22. The highest BCUT2D eigenvalue weighted by molar-refractivity contribution is 8.18. The first-order valence-electron chi connectivity index (χ1n) is 11.7. The number of allylic oxidation sites excluding steroid dienone is 2. The number of hydrogen-bond acceptors (Lipinski definition) is 8. The Labute approximate surface area is 220 Å². The molecule has 1 aliphatic carbocycles. The first kappa shape index (κ1) is 27.6. The van der Waals surface area contributed by atoms with E-state index >= 15 is 0 Å². The monoisotopic (exact) mass is 525 g/mol. The van der Waals surface area contributed by atoms with E-state index in [4.69, 9.17) is 22.3 Å². The molecule has 0 spiro atoms. The van der Waals surface area contributed by atoms with Gasteiger partial charge in [0.2, 0.25) is 16.6 Å². The maximum atomic E-state index is 13.3. The Hall–Kier alpha value is -2.95. The van der Waals surface area contributed by atoms with E-state index in [0.29, 0.717) is 36.1 Å². The van der Waals surface area contributed by atoms with Gasteiger partial charge in [-0.25, -0.2) is 4.58 Å². The summed E-state index contributed by atoms with van der Waals surface area (Å²) in [6, 6.07) is 3.63. The molecule has 0 saturated heterocycles. The van der Waals surface area contributed by atoms with Crippen molar-refractivity contribution in [2.75, 3.05) is 57.5 Å². The molecule has 0 aromatic carbocycles. The van der Waals surface area contributed by atoms with Crippen molar-refractivity contribution in [1.29, 1.82) is 0 Å². The minimum absolute atomic E-state index is 0.0223. The number of thiophene rings is 1. The molecular weight excluding hydrogens is 496 g/mol. The van der Waals surface area contributed by atoms with E-state index in [9.17, 15) is 14.4 Å². The minimum atomic E-state index is -1.09. The molecule has 36 heavy (non-hydrogen) atoms. The van der Waals surface area contributed by atoms with Gasteiger partial charge in [0.1, 0.15) is 32.3 Å². The summed E-state index contributed by atoms with van der Waals surface area (Å²) in [5.41, 5.74) is -0.0223. The molecule has 9 heteroatoms. The zero-order valence-corrected chi connectivity index (χ0v) is 22.1. The molecule has 2 aliphatic rings. The summed E-state index contributed by atoms with van der Waals surface area (Å²) in [5.74, 6) is 1.95. The van der Waals surface area contributed by atoms with Gasteiger partial charge in [-0.3, -0.25) is 14.4 Å². The van der Waals surface area contributed by atoms with Crippen molar-refractivity contribution in [2.45, 2.75) is 19.8 Å². The van der Waals surface area contributed by atoms with Crippen molar-refractivity contribution in [3.8, 4) is 24.7 Å². The van der Waals surface area contributed by atoms with Crippen LogP contribution in [0.2, 0.25) is 0 Å². The average Bonchev–Trinajstić information content (AvgIpc) is 3.59. The fourth-order valence-electron chi connectivity index (χ4n) is 3.88. The number of rotatable bonds is 12. The topological polar surface area (TPSA) is 75.9 Å². The van der Waals surface area contributed by atoms with Gasteiger partial charge in [-0.1, -0.05) is 11.8 Å². The van der Waals surface area contributed by atoms with Crippen LogP contribution < -0.4 is 4.90 Å². The molecule has 7 nitrogen and oxygen atoms in total. The highest BCUT2D eigenvalue weighted by Crippen LogP contribution is 2.41. The van der Waals surface area contributed by atoms with Crippen molar-refractivity contribution in [3.63, 3.8) is 0 Å². The average molecular weight is 526 g/mol. The van der Waals surface area contributed by atoms with E-state index in [-0.39, 0.29) is 18.8 Å². The summed E-state index contributed by atoms with van der Waals surface area (Å²) in [6.45, 7) is 8.14. The third-order valence-corrected chi connectivity index (χ3v) is 8.10. The van der Waals surface area contributed by atoms with Crippen molar-refractivity contribution in [3.05, 3.63) is 39.6 Å². The fraction of sp³-hybridized carbons (Fsp3) is 0.407. The molecule has 188 valence electrons. The normalized spacial score (nSPS) is 20.7. The van der Waals surface area contributed by atoms with Crippen LogP contribution in [0, 0.1) is 24.7 Å². The summed E-state index contributed by atoms with van der Waals surface area (Å²) in [7, 11) is 0. The van der Waals surface area contributed by atoms with E-state index in [1.807, 2.05) is 26.0 Å². The molecule has 2 heterocycles. The molecule has 0 radical (unpaired) electrons. The van der Waals surface area contributed by atoms with Crippen LogP contribution in [-0.2, 0) is 23.9 Å². The maximum absolute atomic E-state index is 13.3. The zero-order chi connectivity index (χ0) is 26.1. The van der Waals surface area contributed by atoms with Gasteiger partial charge < -0.3 is 14.4 Å². The summed E-state index contributed by atoms with van der Waals surface area (Å²) in [4.78, 5) is 42.3. The molecule has 1 unspecified atom stereocenters. The van der Waals surface area contributed by atoms with Gasteiger partial charge in [0.05, 0.1) is 17.2 Å². The quantitative estimate of drug-likeness (QED) is 0.0790. The van der Waals surface area contributed by atoms with Crippen molar-refractivity contribution in [1.82, 2.24) is 0 Å². The number of ether oxygens (including phenoxy) is 2. The molecule has 0 bridgehead atoms. The van der Waals surface area contributed by atoms with Crippen LogP contribution in [0.25, 0.3) is 0 Å². The Kier molecular flexibility index (Phi) is 10.3. The van der Waals surface area contributed by atoms with E-state index < -0.39 is 23.3 Å². The van der Waals surface area contributed by atoms with Gasteiger partial charge in [0, 0.05) is 28.9 Å². The van der Waals surface area contributed by atoms with Gasteiger partial charge in [-0.05, 0) is 43.8 Å². The summed E-state index contributed by atoms with van der Waals surface area (Å²) >= 11 is 2.68. The summed E-state index contributed by atoms with van der Waals surface area (Å²) in [6.07, 6.45) is 14.0. The lowest BCUT2D eigenvalue weighted by molar-refractivity contribution is -0.523. The first-order chi connectivity index (χ1) is 17.5. The number of terminal acetylenes is 2. The van der Waals surface area contributed by atoms with Crippen molar-refractivity contribution in [2.24, 2.45) is 0 Å². The van der Waals surface area contributed by atoms with Crippen LogP contribution in [0.3, 0.4) is 0 Å². The second kappa shape index (κ2) is 13.4. The second-order valence-corrected chi connectivity index (χ2v) is 10.0. The minimum Gasteiger partial charge on any atom is -0.367 e. The number of carbonyl (C=O) groups excluding carboxylic acids is 3. The number of ketones is 3. The zero-order valence-electron chi connectivity index (χ0n) is 20.5. The van der Waals surface area contributed by atoms with Gasteiger partial charge in [-0.2, -0.15) is 0 Å². The van der Waals surface area contributed by atoms with Crippen LogP contribution in [-0.4, -0.2) is 79.6 Å². The molecule has 1 aliphatic heterocycles. The number of Topliss-reactive ketones (excluding diaryl/α,β-unsaturated/α-hetero) is 3. The van der Waals surface area contributed by atoms with E-state index in [2.05, 4.69) is 21.3 Å². The molecule has 0 N–H and O–H groups in total. The third kappa shape index (κ3) is 6.24. The predicted octanol–water partition coefficient (Wildman–Crippen LogP) is 2.67. The van der Waals surface area contributed by atoms with Gasteiger partial charge in [0.25, 0.3) is 0 Å². The molecule has 1 atom stereocenters. The largest absolute Gasteiger partial charge is 0.367 e. The summed E-state index contributed by atoms with van der Waals surface area (Å²) in [5, 5.41) is 1.80. The first-order valence-corrected chi connectivity index (χ1v) is 13.3. The molecule has 0 amide bonds. The Balaban J connectivity index is 1.77. The van der Waals surface area contributed by atoms with Gasteiger partial charge in [-0.15, -0.1) is 24.2 Å². The van der Waals surface area contributed by atoms with Crippen LogP contribution in [0.15, 0.2) is 34.8 Å². The maximum Gasteiger partial charge on any atom is 0.239 e. The Morgan fingerprint density at radius 3 is 2.42 bits per heavy atom. The predicted molar refractivity (Wildman–Crippen MR) is 144 cm³/mol. The standard InChI is InChI=1S/C27H29N2O5S2/c1-5-15-33-17-13-28(7-3)21-11-9-19(35-21)23-25(30)24(27(32)26(23)31)20-10-12-22(36-20)29(8-4)14-18-34-16-6-2/h1-2,9-12,23H,7-8,13-18H2,3-4H3/q+1/b24-20-,29-22?. The van der Waals surface area contributed by atoms with Crippen LogP contribution in [0.1, 0.15) is 24.6 Å². The van der Waals surface area contributed by atoms with E-state index in [1.165, 1.54) is 23.1 Å². The lowest BCUT2D eigenvalue weighted by atomic mass is 10.0. The number of thioether (sulfide) groups is 1. The Morgan fingerprint density at radius 1 is 1.03 bits per heavy atom. The second-order valence-electron chi connectivity index (χ2n) is 7.85. The number of nitrogens with zero attached hydrogens (tertiary/aromatic N) is 2. The smallest absolute Gasteiger partial charge is 0.239 e. The van der Waals surface area contributed by atoms with E-state index in [1.54, 1.807) is 12.1 Å². The molecule has 1 aromatic rings. The van der Waals surface area contributed by atoms with Crippen LogP contribution in [0.4, 0.5) is 5.00 Å². The van der Waals surface area contributed by atoms with Gasteiger partial charge in [0.15, 0.2) is 12.3 Å². The Bertz CT molecular complexity index is 1200. The Morgan fingerprint density at radius 2 is 1.75 bits per heavy atom. The molecule has 1 fully saturated rings. The lowest BCUT2D eigenvalue weighted by Gasteiger charge is -2.20. The summed E-state index contributed by atoms with van der Waals surface area (Å²) < 4.78 is 12.8. The molecule has 1 saturated carbocycles. The highest BCUT2D eigenvalue weighted by Gasteiger charge is 2.48. The van der Waals surface area contributed by atoms with Crippen LogP contribution in [0.5, 0.6) is 0 Å². The highest BCUT2D eigenvalue weighted by atomic mass is 32.2. The number of carbonyl (C=O) groups is 3. The number of hydrogen-bond donors (Lipinski definition) is 0. The van der Waals surface area contributed by atoms with E-state index in [0.717, 1.165) is 23.1 Å².